The molecular formula is C16H21ClF3NO4S. The SMILES string of the molecule is CCOC(=O)C[C@@H](N[S@@](=O)C(C)(C)C)c1c(Cl)cccc1OC(F)(F)F. The molecule has 26 heavy (non-hydrogen) atoms. The van der Waals surface area contributed by atoms with Gasteiger partial charge in [-0.15, -0.1) is 13.2 Å². The van der Waals surface area contributed by atoms with Crippen LogP contribution < -0.4 is 9.46 Å². The van der Waals surface area contributed by atoms with Gasteiger partial charge in [-0.05, 0) is 39.8 Å². The van der Waals surface area contributed by atoms with Crippen LogP contribution in [0.3, 0.4) is 0 Å². The minimum atomic E-state index is -4.95. The van der Waals surface area contributed by atoms with Crippen LogP contribution in [0.15, 0.2) is 18.2 Å². The van der Waals surface area contributed by atoms with Crippen LogP contribution in [0.2, 0.25) is 5.02 Å². The van der Waals surface area contributed by atoms with Crippen LogP contribution in [0, 0.1) is 0 Å². The van der Waals surface area contributed by atoms with Crippen molar-refractivity contribution in [3.8, 4) is 5.75 Å². The number of hydrogen-bond donors (Lipinski definition) is 1. The second kappa shape index (κ2) is 9.05. The average Bonchev–Trinajstić information content (AvgIpc) is 2.44. The lowest BCUT2D eigenvalue weighted by molar-refractivity contribution is -0.275. The molecule has 1 N–H and O–H groups in total. The lowest BCUT2D eigenvalue weighted by Gasteiger charge is -2.26. The summed E-state index contributed by atoms with van der Waals surface area (Å²) in [6.45, 7) is 6.73. The van der Waals surface area contributed by atoms with E-state index in [1.165, 1.54) is 12.1 Å². The Morgan fingerprint density at radius 3 is 2.42 bits per heavy atom. The first kappa shape index (κ1) is 22.7. The van der Waals surface area contributed by atoms with Crippen LogP contribution in [0.1, 0.15) is 45.7 Å². The molecule has 1 aromatic carbocycles. The molecule has 0 spiro atoms. The summed E-state index contributed by atoms with van der Waals surface area (Å²) in [7, 11) is -1.68. The lowest BCUT2D eigenvalue weighted by Crippen LogP contribution is -2.37. The Bertz CT molecular complexity index is 662. The third-order valence-electron chi connectivity index (χ3n) is 3.07. The number of esters is 1. The van der Waals surface area contributed by atoms with E-state index < -0.39 is 39.9 Å². The van der Waals surface area contributed by atoms with Gasteiger partial charge in [-0.1, -0.05) is 17.7 Å². The fourth-order valence-electron chi connectivity index (χ4n) is 1.96. The maximum absolute atomic E-state index is 12.7. The number of carbonyl (C=O) groups excluding carboxylic acids is 1. The van der Waals surface area contributed by atoms with Gasteiger partial charge in [-0.25, -0.2) is 8.93 Å². The van der Waals surface area contributed by atoms with E-state index in [1.807, 2.05) is 0 Å². The molecule has 0 radical (unpaired) electrons. The largest absolute Gasteiger partial charge is 0.573 e. The van der Waals surface area contributed by atoms with Gasteiger partial charge >= 0.3 is 12.3 Å². The predicted molar refractivity (Wildman–Crippen MR) is 93.2 cm³/mol. The number of rotatable bonds is 7. The molecule has 0 fully saturated rings. The minimum Gasteiger partial charge on any atom is -0.466 e. The smallest absolute Gasteiger partial charge is 0.466 e. The summed E-state index contributed by atoms with van der Waals surface area (Å²) in [6.07, 6.45) is -5.31. The summed E-state index contributed by atoms with van der Waals surface area (Å²) in [5, 5.41) is -0.0561. The molecule has 10 heteroatoms. The van der Waals surface area contributed by atoms with Crippen molar-refractivity contribution < 1.29 is 31.6 Å². The summed E-state index contributed by atoms with van der Waals surface area (Å²) in [5.74, 6) is -1.24. The number of hydrogen-bond acceptors (Lipinski definition) is 4. The zero-order valence-corrected chi connectivity index (χ0v) is 16.3. The highest BCUT2D eigenvalue weighted by molar-refractivity contribution is 7.84. The average molecular weight is 416 g/mol. The third kappa shape index (κ3) is 7.13. The Balaban J connectivity index is 3.32. The van der Waals surface area contributed by atoms with Crippen molar-refractivity contribution in [1.29, 1.82) is 0 Å². The van der Waals surface area contributed by atoms with Crippen molar-refractivity contribution in [2.45, 2.75) is 51.3 Å². The maximum Gasteiger partial charge on any atom is 0.573 e. The Morgan fingerprint density at radius 2 is 1.92 bits per heavy atom. The third-order valence-corrected chi connectivity index (χ3v) is 5.01. The molecule has 0 unspecified atom stereocenters. The highest BCUT2D eigenvalue weighted by Gasteiger charge is 2.35. The van der Waals surface area contributed by atoms with Crippen LogP contribution in [-0.2, 0) is 20.5 Å². The van der Waals surface area contributed by atoms with Crippen molar-refractivity contribution in [1.82, 2.24) is 4.72 Å². The molecule has 2 atom stereocenters. The molecule has 0 saturated heterocycles. The molecule has 0 aliphatic rings. The molecule has 0 saturated carbocycles. The molecule has 148 valence electrons. The lowest BCUT2D eigenvalue weighted by atomic mass is 10.0. The van der Waals surface area contributed by atoms with E-state index in [0.29, 0.717) is 0 Å². The van der Waals surface area contributed by atoms with E-state index in [0.717, 1.165) is 6.07 Å². The first-order valence-electron chi connectivity index (χ1n) is 7.73. The number of carbonyl (C=O) groups is 1. The summed E-state index contributed by atoms with van der Waals surface area (Å²) in [5.41, 5.74) is -0.114. The molecule has 1 rings (SSSR count). The maximum atomic E-state index is 12.7. The second-order valence-corrected chi connectivity index (χ2v) is 8.67. The van der Waals surface area contributed by atoms with Crippen molar-refractivity contribution in [2.24, 2.45) is 0 Å². The molecule has 0 heterocycles. The van der Waals surface area contributed by atoms with E-state index in [-0.39, 0.29) is 23.6 Å². The van der Waals surface area contributed by atoms with Crippen molar-refractivity contribution >= 4 is 28.6 Å². The molecular weight excluding hydrogens is 395 g/mol. The Kier molecular flexibility index (Phi) is 7.91. The Morgan fingerprint density at radius 1 is 1.31 bits per heavy atom. The van der Waals surface area contributed by atoms with E-state index in [9.17, 15) is 22.2 Å². The van der Waals surface area contributed by atoms with Crippen molar-refractivity contribution in [3.05, 3.63) is 28.8 Å². The standard InChI is InChI=1S/C16H21ClF3NO4S/c1-5-24-13(22)9-11(21-26(23)15(2,3)4)14-10(17)7-6-8-12(14)25-16(18,19)20/h6-8,11,21H,5,9H2,1-4H3/t11-,26+/m1/s1. The second-order valence-electron chi connectivity index (χ2n) is 6.26. The fraction of sp³-hybridized carbons (Fsp3) is 0.562. The van der Waals surface area contributed by atoms with Crippen LogP contribution in [0.25, 0.3) is 0 Å². The zero-order valence-electron chi connectivity index (χ0n) is 14.8. The molecule has 1 aromatic rings. The first-order chi connectivity index (χ1) is 11.8. The van der Waals surface area contributed by atoms with E-state index in [2.05, 4.69) is 9.46 Å². The molecule has 0 aromatic heterocycles. The summed E-state index contributed by atoms with van der Waals surface area (Å²) in [6, 6.07) is 2.63. The molecule has 0 aliphatic heterocycles. The highest BCUT2D eigenvalue weighted by Crippen LogP contribution is 2.37. The van der Waals surface area contributed by atoms with Crippen LogP contribution in [-0.4, -0.2) is 27.9 Å². The summed E-state index contributed by atoms with van der Waals surface area (Å²) < 4.78 is 61.4. The molecule has 5 nitrogen and oxygen atoms in total. The van der Waals surface area contributed by atoms with Gasteiger partial charge in [0.2, 0.25) is 0 Å². The monoisotopic (exact) mass is 415 g/mol. The van der Waals surface area contributed by atoms with E-state index >= 15 is 0 Å². The van der Waals surface area contributed by atoms with Gasteiger partial charge in [0, 0.05) is 10.6 Å². The summed E-state index contributed by atoms with van der Waals surface area (Å²) in [4.78, 5) is 11.9. The van der Waals surface area contributed by atoms with Gasteiger partial charge in [-0.2, -0.15) is 0 Å². The number of halogens is 4. The van der Waals surface area contributed by atoms with Gasteiger partial charge in [0.25, 0.3) is 0 Å². The Labute approximate surface area is 157 Å². The number of ether oxygens (including phenoxy) is 2. The van der Waals surface area contributed by atoms with Gasteiger partial charge in [-0.3, -0.25) is 4.79 Å². The molecule has 0 amide bonds. The Hall–Kier alpha value is -1.32. The van der Waals surface area contributed by atoms with Crippen LogP contribution in [0.4, 0.5) is 13.2 Å². The predicted octanol–water partition coefficient (Wildman–Crippen LogP) is 4.28. The quantitative estimate of drug-likeness (QED) is 0.675. The van der Waals surface area contributed by atoms with Gasteiger partial charge in [0.05, 0.1) is 34.8 Å². The summed E-state index contributed by atoms with van der Waals surface area (Å²) >= 11 is 6.07. The van der Waals surface area contributed by atoms with Crippen LogP contribution in [0.5, 0.6) is 5.75 Å². The number of nitrogens with one attached hydrogen (secondary N) is 1. The fourth-order valence-corrected chi connectivity index (χ4v) is 3.08. The normalized spacial score (nSPS) is 14.6. The first-order valence-corrected chi connectivity index (χ1v) is 9.25. The minimum absolute atomic E-state index is 0.0561. The number of alkyl halides is 3. The van der Waals surface area contributed by atoms with Gasteiger partial charge in [0.1, 0.15) is 5.75 Å². The topological polar surface area (TPSA) is 64.6 Å². The van der Waals surface area contributed by atoms with Gasteiger partial charge in [0.15, 0.2) is 0 Å². The molecule has 0 bridgehead atoms. The molecule has 0 aliphatic carbocycles. The highest BCUT2D eigenvalue weighted by atomic mass is 35.5. The van der Waals surface area contributed by atoms with Crippen molar-refractivity contribution in [2.75, 3.05) is 6.61 Å². The zero-order chi connectivity index (χ0) is 20.1. The van der Waals surface area contributed by atoms with E-state index in [4.69, 9.17) is 16.3 Å². The van der Waals surface area contributed by atoms with Crippen LogP contribution >= 0.6 is 11.6 Å². The van der Waals surface area contributed by atoms with Crippen molar-refractivity contribution in [3.63, 3.8) is 0 Å². The van der Waals surface area contributed by atoms with Gasteiger partial charge < -0.3 is 9.47 Å². The van der Waals surface area contributed by atoms with E-state index in [1.54, 1.807) is 27.7 Å². The number of benzene rings is 1.